The average molecular weight is 2230 g/mol. The molecule has 0 fully saturated rings. The summed E-state index contributed by atoms with van der Waals surface area (Å²) in [5.74, 6) is 0. The molecule has 0 aromatic carbocycles. The molecule has 0 aliphatic carbocycles. The molecule has 0 saturated carbocycles. The third kappa shape index (κ3) is 377. The Balaban J connectivity index is -0.00000000334. The maximum absolute atomic E-state index is 8.55. The fraction of sp³-hybridized carbons (Fsp3) is 0.444. The molecule has 0 aliphatic rings. The van der Waals surface area contributed by atoms with Gasteiger partial charge in [0.2, 0.25) is 0 Å². The zero-order valence-electron chi connectivity index (χ0n) is 41.0. The van der Waals surface area contributed by atoms with Gasteiger partial charge < -0.3 is 216 Å². The average Bonchev–Trinajstić information content (AvgIpc) is 2.87. The van der Waals surface area contributed by atoms with Crippen molar-refractivity contribution in [2.24, 2.45) is 0 Å². The molecule has 0 atom stereocenters. The molecule has 554 valence electrons. The van der Waals surface area contributed by atoms with Gasteiger partial charge in [0.25, 0.3) is 0 Å². The Bertz CT molecular complexity index is 869. The monoisotopic (exact) mass is 2250 g/mol. The predicted octanol–water partition coefficient (Wildman–Crippen LogP) is -1.81. The largest absolute Gasteiger partial charge is 2.00 e. The standard InChI is InChI=1S/3C9H14N.12Mo.H3O4P.36O/c3*1-2-3-7-10-8-5-4-6-9-10;;;;;;;;;;;;;1-5(2,3)4;;;;;;;;;;;;;;;;;;;;;;;;;;;;;;;;;;;;/h3*4-6,8-9H,2-3,7H2,1H3;;;;;;;;;;;;;(H3,1,2,3,4);;;;;;;;;;;;;;;;;;;;;;;;;;;;;;;;;;;;/q3*+1;;;;;;;;;;;;;;36*-2/p-3. The molecule has 83 heavy (non-hydrogen) atoms. The SMILES string of the molecule is CCCC[n+]1ccccc1.CCCC[n+]1ccccc1.CCCC[n+]1ccccc1.O=P([O-])([O-])[O-].[Mo].[Mo].[Mo].[Mo].[Mo].[Mo].[Mo].[Mo].[Mo].[Mo].[Mo].[Mo].[O-2].[O-2].[O-2].[O-2].[O-2].[O-2].[O-2].[O-2].[O-2].[O-2].[O-2].[O-2].[O-2].[O-2].[O-2].[O-2].[O-2].[O-2].[O-2].[O-2].[O-2].[O-2].[O-2].[O-2].[O-2].[O-2].[O-2].[O-2].[O-2].[O-2].[O-2].[O-2].[O-2].[O-2].[O-2].[O-2]. The molecule has 3 heterocycles. The summed E-state index contributed by atoms with van der Waals surface area (Å²) in [4.78, 5) is 25.6. The Labute approximate surface area is 653 Å². The summed E-state index contributed by atoms with van der Waals surface area (Å²) in [6.07, 6.45) is 20.3. The van der Waals surface area contributed by atoms with Crippen molar-refractivity contribution >= 4 is 7.82 Å². The van der Waals surface area contributed by atoms with Gasteiger partial charge >= 0.3 is 0 Å². The van der Waals surface area contributed by atoms with Gasteiger partial charge in [-0.05, 0) is 0 Å². The molecule has 3 rings (SSSR count). The Morgan fingerprint density at radius 3 is 0.386 bits per heavy atom. The van der Waals surface area contributed by atoms with Crippen molar-refractivity contribution in [2.75, 3.05) is 0 Å². The Morgan fingerprint density at radius 1 is 0.229 bits per heavy atom. The maximum Gasteiger partial charge on any atom is 0.168 e. The van der Waals surface area contributed by atoms with Crippen LogP contribution in [0.3, 0.4) is 0 Å². The zero-order valence-corrected chi connectivity index (χ0v) is 66.0. The van der Waals surface area contributed by atoms with Crippen LogP contribution in [0, 0.1) is 0 Å². The van der Waals surface area contributed by atoms with Crippen LogP contribution in [0.4, 0.5) is 0 Å². The zero-order chi connectivity index (χ0) is 26.2. The summed E-state index contributed by atoms with van der Waals surface area (Å²) in [6.45, 7) is 10.1. The number of nitrogens with zero attached hydrogens (tertiary/aromatic N) is 3. The van der Waals surface area contributed by atoms with Crippen LogP contribution in [0.2, 0.25) is 0 Å². The maximum atomic E-state index is 8.55. The third-order valence-corrected chi connectivity index (χ3v) is 4.64. The van der Waals surface area contributed by atoms with Crippen molar-refractivity contribution < 1.29 is 483 Å². The Hall–Kier alpha value is 4.38. The van der Waals surface area contributed by atoms with Gasteiger partial charge in [-0.25, -0.2) is 13.7 Å². The number of unbranched alkanes of at least 4 members (excludes halogenated alkanes) is 3. The second-order valence-corrected chi connectivity index (χ2v) is 8.74. The van der Waals surface area contributed by atoms with Gasteiger partial charge in [0, 0.05) is 308 Å². The van der Waals surface area contributed by atoms with Crippen LogP contribution in [0.5, 0.6) is 0 Å². The Kier molecular flexibility index (Phi) is 1780. The predicted molar refractivity (Wildman–Crippen MR) is 157 cm³/mol. The molecule has 0 aliphatic heterocycles. The molecule has 3 aromatic heterocycles. The van der Waals surface area contributed by atoms with E-state index in [4.69, 9.17) is 19.2 Å². The van der Waals surface area contributed by atoms with Crippen LogP contribution < -0.4 is 28.4 Å². The fourth-order valence-corrected chi connectivity index (χ4v) is 2.77. The van der Waals surface area contributed by atoms with E-state index in [1.165, 1.54) is 38.5 Å². The molecule has 0 unspecified atom stereocenters. The summed E-state index contributed by atoms with van der Waals surface area (Å²) in [7, 11) is -5.39. The number of hydrogen-bond donors (Lipinski definition) is 0. The van der Waals surface area contributed by atoms with Crippen molar-refractivity contribution in [3.05, 3.63) is 91.8 Å². The van der Waals surface area contributed by atoms with Gasteiger partial charge in [0.15, 0.2) is 37.2 Å². The summed E-state index contributed by atoms with van der Waals surface area (Å²) in [6, 6.07) is 18.5. The van der Waals surface area contributed by atoms with Gasteiger partial charge in [-0.1, -0.05) is 58.2 Å². The van der Waals surface area contributed by atoms with E-state index in [1.807, 2.05) is 18.2 Å². The molecule has 3 aromatic rings. The van der Waals surface area contributed by atoms with Gasteiger partial charge in [-0.15, -0.1) is 0 Å². The first-order valence-electron chi connectivity index (χ1n) is 12.3. The Morgan fingerprint density at radius 2 is 0.313 bits per heavy atom. The van der Waals surface area contributed by atoms with Crippen molar-refractivity contribution in [1.82, 2.24) is 0 Å². The van der Waals surface area contributed by atoms with E-state index in [2.05, 4.69) is 108 Å². The first kappa shape index (κ1) is 443. The van der Waals surface area contributed by atoms with Gasteiger partial charge in [0.05, 0.1) is 0 Å². The molecular weight excluding hydrogens is 2190 g/mol. The number of aryl methyl sites for hydroxylation is 3. The van der Waals surface area contributed by atoms with Crippen molar-refractivity contribution in [3.63, 3.8) is 0 Å². The first-order valence-corrected chi connectivity index (χ1v) is 13.8. The minimum Gasteiger partial charge on any atom is -2.00 e. The van der Waals surface area contributed by atoms with E-state index in [1.54, 1.807) is 0 Å². The third-order valence-electron chi connectivity index (χ3n) is 4.64. The fourth-order valence-electron chi connectivity index (χ4n) is 2.77. The van der Waals surface area contributed by atoms with E-state index >= 15 is 0 Å². The quantitative estimate of drug-likeness (QED) is 0.136. The molecule has 0 amide bonds. The molecule has 0 radical (unpaired) electrons. The second-order valence-electron chi connectivity index (χ2n) is 7.85. The van der Waals surface area contributed by atoms with Crippen LogP contribution >= 0.6 is 7.82 Å². The molecule has 0 spiro atoms. The molecule has 0 saturated heterocycles. The van der Waals surface area contributed by atoms with E-state index in [9.17, 15) is 0 Å². The number of aromatic nitrogens is 3. The van der Waals surface area contributed by atoms with E-state index < -0.39 is 7.82 Å². The topological polar surface area (TPSA) is 1120 Å². The first-order chi connectivity index (χ1) is 16.8. The van der Waals surface area contributed by atoms with E-state index in [0.717, 1.165) is 19.6 Å². The number of hydrogen-bond acceptors (Lipinski definition) is 4. The van der Waals surface area contributed by atoms with Crippen LogP contribution in [0.25, 0.3) is 0 Å². The molecule has 56 heteroatoms. The molecule has 0 N–H and O–H groups in total. The van der Waals surface area contributed by atoms with Crippen LogP contribution in [-0.2, 0) is 474 Å². The van der Waals surface area contributed by atoms with E-state index in [0.29, 0.717) is 0 Å². The van der Waals surface area contributed by atoms with E-state index in [-0.39, 0.29) is 450 Å². The summed E-state index contributed by atoms with van der Waals surface area (Å²) in [5.41, 5.74) is 0. The number of pyridine rings is 3. The smallest absolute Gasteiger partial charge is 0.168 e. The number of rotatable bonds is 9. The molecule has 43 nitrogen and oxygen atoms in total. The van der Waals surface area contributed by atoms with Gasteiger partial charge in [-0.2, -0.15) is 7.82 Å². The summed E-state index contributed by atoms with van der Waals surface area (Å²) >= 11 is 0. The minimum absolute atomic E-state index is 0. The van der Waals surface area contributed by atoms with Crippen molar-refractivity contribution in [3.8, 4) is 0 Å². The number of phosphoric acid groups is 1. The molecular formula is C27H42Mo12N3O40P-72. The van der Waals surface area contributed by atoms with Crippen LogP contribution in [-0.4, -0.2) is 0 Å². The van der Waals surface area contributed by atoms with Crippen molar-refractivity contribution in [1.29, 1.82) is 0 Å². The normalized spacial score (nSPS) is 4.22. The summed E-state index contributed by atoms with van der Waals surface area (Å²) in [5, 5.41) is 0. The van der Waals surface area contributed by atoms with Crippen LogP contribution in [0.15, 0.2) is 91.8 Å². The van der Waals surface area contributed by atoms with Gasteiger partial charge in [-0.3, -0.25) is 0 Å². The van der Waals surface area contributed by atoms with Crippen LogP contribution in [0.1, 0.15) is 59.3 Å². The second kappa shape index (κ2) is 335. The van der Waals surface area contributed by atoms with Crippen molar-refractivity contribution in [2.45, 2.75) is 78.9 Å². The minimum atomic E-state index is -5.39. The van der Waals surface area contributed by atoms with Gasteiger partial charge in [0.1, 0.15) is 19.6 Å². The summed E-state index contributed by atoms with van der Waals surface area (Å²) < 4.78 is 15.2. The molecule has 0 bridgehead atoms.